The van der Waals surface area contributed by atoms with Gasteiger partial charge in [-0.1, -0.05) is 181 Å². The van der Waals surface area contributed by atoms with Crippen LogP contribution >= 0.6 is 0 Å². The number of hydrogen-bond donors (Lipinski definition) is 0. The molecule has 0 spiro atoms. The van der Waals surface area contributed by atoms with E-state index in [2.05, 4.69) is 264 Å². The average Bonchev–Trinajstić information content (AvgIpc) is 1.54. The number of hydrogen-bond acceptors (Lipinski definition) is 4. The summed E-state index contributed by atoms with van der Waals surface area (Å²) in [4.78, 5) is 0. The molecule has 0 aliphatic rings. The molecule has 0 unspecified atom stereocenters. The molecule has 0 saturated carbocycles. The molecule has 8 nitrogen and oxygen atoms in total. The molecule has 0 N–H and O–H groups in total. The molecule has 116 heavy (non-hydrogen) atoms. The number of fused-ring (bicyclic) bond motifs is 16. The topological polar surface area (TPSA) is 68.1 Å². The molecule has 0 aliphatic carbocycles. The summed E-state index contributed by atoms with van der Waals surface area (Å²) in [5.41, 5.74) is 26.5. The van der Waals surface area contributed by atoms with Gasteiger partial charge in [-0.25, -0.2) is 18.3 Å². The van der Waals surface area contributed by atoms with E-state index in [0.29, 0.717) is 22.3 Å². The van der Waals surface area contributed by atoms with E-state index in [9.17, 15) is 0 Å². The lowest BCUT2D eigenvalue weighted by molar-refractivity contribution is -0.660. The van der Waals surface area contributed by atoms with Crippen molar-refractivity contribution in [3.05, 3.63) is 360 Å². The van der Waals surface area contributed by atoms with Crippen LogP contribution in [0.4, 0.5) is 0 Å². The van der Waals surface area contributed by atoms with E-state index in [1.807, 2.05) is 127 Å². The van der Waals surface area contributed by atoms with Gasteiger partial charge in [-0.05, 0) is 227 Å². The Kier molecular flexibility index (Phi) is 16.5. The van der Waals surface area contributed by atoms with Crippen molar-refractivity contribution in [1.82, 2.24) is 0 Å². The van der Waals surface area contributed by atoms with Gasteiger partial charge < -0.3 is 17.7 Å². The number of furan rings is 4. The molecule has 14 aromatic carbocycles. The fourth-order valence-corrected chi connectivity index (χ4v) is 17.0. The predicted octanol–water partition coefficient (Wildman–Crippen LogP) is 26.7. The summed E-state index contributed by atoms with van der Waals surface area (Å²) in [6.45, 7) is 8.17. The summed E-state index contributed by atoms with van der Waals surface area (Å²) >= 11 is 0. The number of benzene rings is 14. The molecule has 8 heteroatoms. The lowest BCUT2D eigenvalue weighted by Crippen LogP contribution is -2.31. The first-order valence-electron chi connectivity index (χ1n) is 42.4. The molecule has 0 saturated heterocycles. The van der Waals surface area contributed by atoms with Gasteiger partial charge in [-0.3, -0.25) is 0 Å². The van der Waals surface area contributed by atoms with E-state index in [1.54, 1.807) is 12.4 Å². The van der Waals surface area contributed by atoms with Crippen molar-refractivity contribution >= 4 is 131 Å². The summed E-state index contributed by atoms with van der Waals surface area (Å²) in [7, 11) is 7.96. The quantitative estimate of drug-likeness (QED) is 0.156. The van der Waals surface area contributed by atoms with Crippen molar-refractivity contribution < 1.29 is 44.2 Å². The van der Waals surface area contributed by atoms with Crippen LogP contribution < -0.4 is 18.3 Å². The second-order valence-corrected chi connectivity index (χ2v) is 31.1. The van der Waals surface area contributed by atoms with Crippen molar-refractivity contribution in [2.24, 2.45) is 28.2 Å². The van der Waals surface area contributed by atoms with Gasteiger partial charge in [0.25, 0.3) is 0 Å². The van der Waals surface area contributed by atoms with E-state index in [4.69, 9.17) is 25.9 Å². The van der Waals surface area contributed by atoms with Crippen LogP contribution in [0.25, 0.3) is 198 Å². The molecule has 22 rings (SSSR count). The van der Waals surface area contributed by atoms with Gasteiger partial charge in [0, 0.05) is 98.8 Å². The van der Waals surface area contributed by atoms with Gasteiger partial charge in [-0.2, -0.15) is 0 Å². The lowest BCUT2D eigenvalue weighted by atomic mass is 9.95. The second-order valence-electron chi connectivity index (χ2n) is 31.1. The van der Waals surface area contributed by atoms with Gasteiger partial charge in [0.2, 0.25) is 22.8 Å². The third-order valence-electron chi connectivity index (χ3n) is 23.2. The number of rotatable bonds is 6. The number of aromatic nitrogens is 4. The van der Waals surface area contributed by atoms with Crippen LogP contribution in [0.1, 0.15) is 52.7 Å². The normalized spacial score (nSPS) is 12.6. The fourth-order valence-electron chi connectivity index (χ4n) is 17.0. The first kappa shape index (κ1) is 65.5. The van der Waals surface area contributed by atoms with Crippen LogP contribution in [-0.4, -0.2) is 0 Å². The van der Waals surface area contributed by atoms with Gasteiger partial charge >= 0.3 is 0 Å². The maximum Gasteiger partial charge on any atom is 0.216 e. The van der Waals surface area contributed by atoms with Crippen LogP contribution in [0.2, 0.25) is 0 Å². The highest BCUT2D eigenvalue weighted by Gasteiger charge is 2.27. The Morgan fingerprint density at radius 2 is 0.595 bits per heavy atom. The Morgan fingerprint density at radius 1 is 0.233 bits per heavy atom. The molecule has 0 fully saturated rings. The molecule has 8 heterocycles. The van der Waals surface area contributed by atoms with E-state index in [1.165, 1.54) is 93.1 Å². The van der Waals surface area contributed by atoms with Crippen LogP contribution in [0.5, 0.6) is 0 Å². The van der Waals surface area contributed by atoms with Crippen molar-refractivity contribution in [3.8, 4) is 67.3 Å². The maximum atomic E-state index is 8.20. The van der Waals surface area contributed by atoms with Gasteiger partial charge in [0.1, 0.15) is 72.9 Å². The largest absolute Gasteiger partial charge is 0.456 e. The summed E-state index contributed by atoms with van der Waals surface area (Å²) in [5.74, 6) is 0. The Bertz CT molecular complexity index is 7990. The summed E-state index contributed by atoms with van der Waals surface area (Å²) in [5, 5.41) is 18.5. The first-order chi connectivity index (χ1) is 58.8. The summed E-state index contributed by atoms with van der Waals surface area (Å²) in [6.07, 6.45) is 7.66. The maximum absolute atomic E-state index is 8.20. The minimum Gasteiger partial charge on any atom is -0.456 e. The fraction of sp³-hybridized carbons (Fsp3) is 0.111. The molecular weight excluding hydrogens is 1420 g/mol. The van der Waals surface area contributed by atoms with Crippen LogP contribution in [0, 0.1) is 55.2 Å². The Balaban J connectivity index is 0.000000108. The standard InChI is InChI=1S/C31H26NO.C30H24NO.C24H20NO.C23H18NO/c1-19-9-12-22(13-10-19)26-17-28(32(4)18-21(26)3)30-20(2)11-14-25-27-15-23-7-5-6-8-24(23)16-29(27)33-31(25)30;1-19-13-14-24-26-15-22-11-7-8-12-23(22)16-28(26)32-30(24)29(19)27-17-25(20(2)18-31(27)3)21-9-5-4-6-10-21;1-15-8-9-25(3)22(10-15)19-14-24-20(11-16(19)2)21-12-17-6-4-5-7-18(17)13-23(21)26-24;1-15-11-19-20-12-16-7-3-4-8-17(16)13-22(20)25-23(19)14-18(15)21-9-5-6-10-24(21)2/h5-18H,1-4H3;4-18H,1-3H3;4-14H,1-3H3;3-14H,1-2H3/q4*+1/i3D3;2D3;;. The molecule has 0 aliphatic heterocycles. The van der Waals surface area contributed by atoms with Crippen molar-refractivity contribution in [1.29, 1.82) is 0 Å². The minimum absolute atomic E-state index is 0.329. The molecule has 0 atom stereocenters. The third kappa shape index (κ3) is 13.0. The van der Waals surface area contributed by atoms with E-state index < -0.39 is 13.7 Å². The van der Waals surface area contributed by atoms with Crippen molar-refractivity contribution in [2.45, 2.75) is 55.2 Å². The van der Waals surface area contributed by atoms with E-state index in [0.717, 1.165) is 127 Å². The van der Waals surface area contributed by atoms with Gasteiger partial charge in [-0.15, -0.1) is 0 Å². The van der Waals surface area contributed by atoms with E-state index >= 15 is 0 Å². The lowest BCUT2D eigenvalue weighted by Gasteiger charge is -2.10. The monoisotopic (exact) mass is 1510 g/mol. The number of pyridine rings is 4. The molecule has 0 radical (unpaired) electrons. The van der Waals surface area contributed by atoms with Gasteiger partial charge in [0.15, 0.2) is 24.8 Å². The Hall–Kier alpha value is -14.1. The average molecular weight is 1510 g/mol. The second kappa shape index (κ2) is 29.1. The van der Waals surface area contributed by atoms with Crippen LogP contribution in [0.3, 0.4) is 0 Å². The number of nitrogens with zero attached hydrogens (tertiary/aromatic N) is 4. The van der Waals surface area contributed by atoms with E-state index in [-0.39, 0.29) is 0 Å². The highest BCUT2D eigenvalue weighted by Crippen LogP contribution is 2.44. The summed E-state index contributed by atoms with van der Waals surface area (Å²) in [6, 6.07) is 100. The van der Waals surface area contributed by atoms with Gasteiger partial charge in [0.05, 0.1) is 22.3 Å². The zero-order valence-electron chi connectivity index (χ0n) is 72.4. The van der Waals surface area contributed by atoms with Crippen molar-refractivity contribution in [3.63, 3.8) is 0 Å². The molecule has 560 valence electrons. The molecule has 0 bridgehead atoms. The highest BCUT2D eigenvalue weighted by molar-refractivity contribution is 6.16. The third-order valence-corrected chi connectivity index (χ3v) is 23.2. The van der Waals surface area contributed by atoms with Crippen LogP contribution in [-0.2, 0) is 28.2 Å². The Morgan fingerprint density at radius 3 is 1.03 bits per heavy atom. The SMILES string of the molecule is Cc1cc2c(cc1-c1cccc[n+]1C)oc1cc3ccccc3cc12.Cc1cc[n+](C)c(-c2cc3oc4cc5ccccc5cc4c3cc2C)c1.[2H]C([2H])([2H])c1c[n+](C)c(-c2c(C)ccc3c2oc2cc4ccccc4cc23)cc1-c1ccc(C)cc1.[2H]C([2H])([2H])c1c[n+](C)c(-c2c(C)ccc3c2oc2cc4ccccc4cc23)cc1-c1ccccc1. The highest BCUT2D eigenvalue weighted by atomic mass is 16.3. The minimum atomic E-state index is -2.24. The zero-order valence-corrected chi connectivity index (χ0v) is 66.4. The zero-order chi connectivity index (χ0) is 84.3. The predicted molar refractivity (Wildman–Crippen MR) is 480 cm³/mol. The molecule has 0 amide bonds. The molecule has 22 aromatic rings. The van der Waals surface area contributed by atoms with Crippen molar-refractivity contribution in [2.75, 3.05) is 0 Å². The Labute approximate surface area is 682 Å². The molecular formula is C108H88N4O4+4. The summed E-state index contributed by atoms with van der Waals surface area (Å²) < 4.78 is 82.6. The number of aryl methyl sites for hydroxylation is 12. The first-order valence-corrected chi connectivity index (χ1v) is 39.4. The smallest absolute Gasteiger partial charge is 0.216 e. The molecule has 8 aromatic heterocycles. The van der Waals surface area contributed by atoms with Crippen LogP contribution in [0.15, 0.2) is 334 Å².